The van der Waals surface area contributed by atoms with Gasteiger partial charge in [-0.05, 0) is 6.07 Å². The molecule has 0 bridgehead atoms. The molecule has 0 atom stereocenters. The highest BCUT2D eigenvalue weighted by atomic mass is 35.5. The van der Waals surface area contributed by atoms with Crippen LogP contribution in [0.25, 0.3) is 0 Å². The molecule has 52 valence electrons. The van der Waals surface area contributed by atoms with Crippen molar-refractivity contribution in [2.75, 3.05) is 0 Å². The van der Waals surface area contributed by atoms with Crippen molar-refractivity contribution in [2.24, 2.45) is 5.73 Å². The Morgan fingerprint density at radius 1 is 1.40 bits per heavy atom. The third-order valence-corrected chi connectivity index (χ3v) is 1.69. The minimum atomic E-state index is 0.339. The fourth-order valence-corrected chi connectivity index (χ4v) is 1.13. The largest absolute Gasteiger partial charge is 0.389 e. The molecule has 0 radical (unpaired) electrons. The van der Waals surface area contributed by atoms with E-state index in [9.17, 15) is 0 Å². The third kappa shape index (κ3) is 1.46. The minimum absolute atomic E-state index is 0.339. The van der Waals surface area contributed by atoms with Gasteiger partial charge in [0.15, 0.2) is 0 Å². The van der Waals surface area contributed by atoms with Gasteiger partial charge in [-0.3, -0.25) is 0 Å². The molecule has 2 N–H and O–H groups in total. The van der Waals surface area contributed by atoms with E-state index in [1.54, 1.807) is 12.1 Å². The van der Waals surface area contributed by atoms with E-state index in [0.717, 1.165) is 5.56 Å². The molecule has 3 heteroatoms. The Morgan fingerprint density at radius 3 is 2.40 bits per heavy atom. The van der Waals surface area contributed by atoms with Gasteiger partial charge < -0.3 is 5.73 Å². The van der Waals surface area contributed by atoms with Crippen LogP contribution in [0.2, 0.25) is 5.02 Å². The van der Waals surface area contributed by atoms with Crippen LogP contribution in [0.1, 0.15) is 5.56 Å². The predicted molar refractivity (Wildman–Crippen MR) is 47.3 cm³/mol. The summed E-state index contributed by atoms with van der Waals surface area (Å²) in [6.45, 7) is 0. The molecule has 0 fully saturated rings. The molecule has 1 aromatic carbocycles. The minimum Gasteiger partial charge on any atom is -0.389 e. The number of nitrogens with two attached hydrogens (primary N) is 1. The zero-order valence-corrected chi connectivity index (χ0v) is 6.75. The van der Waals surface area contributed by atoms with E-state index in [2.05, 4.69) is 0 Å². The van der Waals surface area contributed by atoms with Crippen LogP contribution in [0, 0.1) is 0 Å². The number of hydrogen-bond acceptors (Lipinski definition) is 1. The summed E-state index contributed by atoms with van der Waals surface area (Å²) in [6, 6.07) is 7.24. The lowest BCUT2D eigenvalue weighted by atomic mass is 10.2. The highest BCUT2D eigenvalue weighted by Gasteiger charge is 1.98. The Labute approximate surface area is 69.8 Å². The molecule has 1 aromatic rings. The molecule has 0 saturated heterocycles. The number of benzene rings is 1. The van der Waals surface area contributed by atoms with Crippen molar-refractivity contribution < 1.29 is 0 Å². The molecule has 0 aliphatic carbocycles. The van der Waals surface area contributed by atoms with E-state index in [4.69, 9.17) is 29.6 Å². The van der Waals surface area contributed by atoms with Crippen molar-refractivity contribution in [3.63, 3.8) is 0 Å². The van der Waals surface area contributed by atoms with Crippen molar-refractivity contribution in [3.05, 3.63) is 34.9 Å². The molecule has 1 rings (SSSR count). The van der Waals surface area contributed by atoms with Gasteiger partial charge in [0.05, 0.1) is 5.02 Å². The standard InChI is InChI=1S/C7H6ClNS/c8-6-4-2-1-3-5(6)7(9)10/h1-4H,(H2,9,10). The molecule has 0 aromatic heterocycles. The molecule has 0 aliphatic heterocycles. The maximum Gasteiger partial charge on any atom is 0.105 e. The topological polar surface area (TPSA) is 26.0 Å². The van der Waals surface area contributed by atoms with Gasteiger partial charge in [-0.25, -0.2) is 0 Å². The second-order valence-electron chi connectivity index (χ2n) is 1.84. The zero-order chi connectivity index (χ0) is 7.56. The van der Waals surface area contributed by atoms with Crippen LogP contribution in [-0.4, -0.2) is 4.99 Å². The summed E-state index contributed by atoms with van der Waals surface area (Å²) in [5.41, 5.74) is 6.10. The first-order valence-corrected chi connectivity index (χ1v) is 3.55. The Balaban J connectivity index is 3.15. The first-order chi connectivity index (χ1) is 4.72. The molecule has 0 aliphatic rings. The van der Waals surface area contributed by atoms with Crippen LogP contribution in [-0.2, 0) is 0 Å². The van der Waals surface area contributed by atoms with Gasteiger partial charge in [-0.2, -0.15) is 0 Å². The van der Waals surface area contributed by atoms with E-state index >= 15 is 0 Å². The number of rotatable bonds is 1. The van der Waals surface area contributed by atoms with E-state index in [0.29, 0.717) is 10.0 Å². The van der Waals surface area contributed by atoms with Gasteiger partial charge in [-0.1, -0.05) is 42.0 Å². The maximum atomic E-state index is 5.75. The highest BCUT2D eigenvalue weighted by molar-refractivity contribution is 7.80. The van der Waals surface area contributed by atoms with Crippen LogP contribution in [0.5, 0.6) is 0 Å². The quantitative estimate of drug-likeness (QED) is 0.654. The lowest BCUT2D eigenvalue weighted by Crippen LogP contribution is -2.09. The summed E-state index contributed by atoms with van der Waals surface area (Å²) >= 11 is 10.5. The molecule has 1 nitrogen and oxygen atoms in total. The SMILES string of the molecule is NC(=S)c1ccccc1Cl. The molecule has 10 heavy (non-hydrogen) atoms. The number of halogens is 1. The van der Waals surface area contributed by atoms with Gasteiger partial charge in [-0.15, -0.1) is 0 Å². The van der Waals surface area contributed by atoms with Gasteiger partial charge in [0, 0.05) is 5.56 Å². The van der Waals surface area contributed by atoms with E-state index < -0.39 is 0 Å². The van der Waals surface area contributed by atoms with Crippen LogP contribution in [0.4, 0.5) is 0 Å². The lowest BCUT2D eigenvalue weighted by Gasteiger charge is -1.98. The summed E-state index contributed by atoms with van der Waals surface area (Å²) in [4.78, 5) is 0.339. The first-order valence-electron chi connectivity index (χ1n) is 2.76. The fourth-order valence-electron chi connectivity index (χ4n) is 0.661. The average molecular weight is 172 g/mol. The van der Waals surface area contributed by atoms with Gasteiger partial charge in [0.2, 0.25) is 0 Å². The summed E-state index contributed by atoms with van der Waals surface area (Å²) < 4.78 is 0. The molecule has 0 amide bonds. The van der Waals surface area contributed by atoms with Crippen LogP contribution in [0.15, 0.2) is 24.3 Å². The monoisotopic (exact) mass is 171 g/mol. The normalized spacial score (nSPS) is 9.30. The second-order valence-corrected chi connectivity index (χ2v) is 2.69. The zero-order valence-electron chi connectivity index (χ0n) is 5.17. The van der Waals surface area contributed by atoms with Crippen LogP contribution >= 0.6 is 23.8 Å². The molecule has 0 saturated carbocycles. The molecular weight excluding hydrogens is 166 g/mol. The van der Waals surface area contributed by atoms with E-state index in [1.807, 2.05) is 12.1 Å². The summed E-state index contributed by atoms with van der Waals surface area (Å²) in [7, 11) is 0. The number of thiocarbonyl (C=S) groups is 1. The molecular formula is C7H6ClNS. The summed E-state index contributed by atoms with van der Waals surface area (Å²) in [5, 5.41) is 0.606. The Bertz CT molecular complexity index is 260. The fraction of sp³-hybridized carbons (Fsp3) is 0. The third-order valence-electron chi connectivity index (χ3n) is 1.14. The van der Waals surface area contributed by atoms with Crippen molar-refractivity contribution in [3.8, 4) is 0 Å². The van der Waals surface area contributed by atoms with Gasteiger partial charge in [0.1, 0.15) is 4.99 Å². The summed E-state index contributed by atoms with van der Waals surface area (Å²) in [5.74, 6) is 0. The van der Waals surface area contributed by atoms with Crippen molar-refractivity contribution >= 4 is 28.8 Å². The smallest absolute Gasteiger partial charge is 0.105 e. The highest BCUT2D eigenvalue weighted by Crippen LogP contribution is 2.13. The Morgan fingerprint density at radius 2 is 2.00 bits per heavy atom. The lowest BCUT2D eigenvalue weighted by molar-refractivity contribution is 1.62. The van der Waals surface area contributed by atoms with E-state index in [1.165, 1.54) is 0 Å². The first kappa shape index (κ1) is 7.51. The number of hydrogen-bond donors (Lipinski definition) is 1. The average Bonchev–Trinajstić information content (AvgIpc) is 1.88. The van der Waals surface area contributed by atoms with Crippen molar-refractivity contribution in [1.82, 2.24) is 0 Å². The molecule has 0 unspecified atom stereocenters. The van der Waals surface area contributed by atoms with E-state index in [-0.39, 0.29) is 0 Å². The van der Waals surface area contributed by atoms with Crippen molar-refractivity contribution in [1.29, 1.82) is 0 Å². The van der Waals surface area contributed by atoms with Crippen molar-refractivity contribution in [2.45, 2.75) is 0 Å². The Hall–Kier alpha value is -0.600. The van der Waals surface area contributed by atoms with Crippen LogP contribution in [0.3, 0.4) is 0 Å². The van der Waals surface area contributed by atoms with Gasteiger partial charge >= 0.3 is 0 Å². The predicted octanol–water partition coefficient (Wildman–Crippen LogP) is 1.97. The van der Waals surface area contributed by atoms with Gasteiger partial charge in [0.25, 0.3) is 0 Å². The second kappa shape index (κ2) is 2.99. The summed E-state index contributed by atoms with van der Waals surface area (Å²) in [6.07, 6.45) is 0. The molecule has 0 spiro atoms. The molecule has 0 heterocycles. The maximum absolute atomic E-state index is 5.75. The van der Waals surface area contributed by atoms with Crippen LogP contribution < -0.4 is 5.73 Å². The Kier molecular flexibility index (Phi) is 2.25.